The number of carbonyl (C=O) groups excluding carboxylic acids is 1. The molecule has 0 radical (unpaired) electrons. The molecular weight excluding hydrogens is 180 g/mol. The monoisotopic (exact) mass is 192 g/mol. The standard InChI is InChI=1S/C9H12N4O/c1-6-2-3-8(12-11-6)13-4-7(5-13)9(10)14/h2-3,7H,4-5H2,1H3,(H2,10,14). The second kappa shape index (κ2) is 3.25. The Balaban J connectivity index is 2.00. The van der Waals surface area contributed by atoms with Crippen LogP contribution in [0.25, 0.3) is 0 Å². The molecule has 1 aliphatic heterocycles. The van der Waals surface area contributed by atoms with Crippen molar-refractivity contribution in [2.75, 3.05) is 18.0 Å². The summed E-state index contributed by atoms with van der Waals surface area (Å²) in [7, 11) is 0. The number of hydrogen-bond acceptors (Lipinski definition) is 4. The second-order valence-electron chi connectivity index (χ2n) is 3.54. The predicted molar refractivity (Wildman–Crippen MR) is 51.7 cm³/mol. The Morgan fingerprint density at radius 3 is 2.71 bits per heavy atom. The highest BCUT2D eigenvalue weighted by molar-refractivity contribution is 5.79. The predicted octanol–water partition coefficient (Wildman–Crippen LogP) is -0.293. The lowest BCUT2D eigenvalue weighted by molar-refractivity contribution is -0.122. The van der Waals surface area contributed by atoms with E-state index in [1.165, 1.54) is 0 Å². The van der Waals surface area contributed by atoms with Gasteiger partial charge >= 0.3 is 0 Å². The highest BCUT2D eigenvalue weighted by atomic mass is 16.1. The van der Waals surface area contributed by atoms with Crippen molar-refractivity contribution in [3.63, 3.8) is 0 Å². The van der Waals surface area contributed by atoms with Gasteiger partial charge in [-0.05, 0) is 19.1 Å². The van der Waals surface area contributed by atoms with E-state index in [4.69, 9.17) is 5.73 Å². The first-order valence-corrected chi connectivity index (χ1v) is 4.51. The van der Waals surface area contributed by atoms with Gasteiger partial charge in [0.2, 0.25) is 5.91 Å². The third-order valence-electron chi connectivity index (χ3n) is 2.39. The Morgan fingerprint density at radius 1 is 1.50 bits per heavy atom. The second-order valence-corrected chi connectivity index (χ2v) is 3.54. The van der Waals surface area contributed by atoms with Crippen LogP contribution >= 0.6 is 0 Å². The molecule has 0 saturated carbocycles. The zero-order valence-corrected chi connectivity index (χ0v) is 7.97. The van der Waals surface area contributed by atoms with Crippen LogP contribution in [0.2, 0.25) is 0 Å². The summed E-state index contributed by atoms with van der Waals surface area (Å²) in [6.45, 7) is 3.21. The van der Waals surface area contributed by atoms with Crippen molar-refractivity contribution < 1.29 is 4.79 Å². The molecule has 1 aromatic rings. The molecule has 0 atom stereocenters. The number of anilines is 1. The van der Waals surface area contributed by atoms with Gasteiger partial charge in [0.05, 0.1) is 11.6 Å². The lowest BCUT2D eigenvalue weighted by Crippen LogP contribution is -2.52. The maximum atomic E-state index is 10.8. The molecule has 0 spiro atoms. The van der Waals surface area contributed by atoms with Crippen LogP contribution in [-0.4, -0.2) is 29.2 Å². The highest BCUT2D eigenvalue weighted by Crippen LogP contribution is 2.21. The number of hydrogen-bond donors (Lipinski definition) is 1. The number of nitrogens with zero attached hydrogens (tertiary/aromatic N) is 3. The fourth-order valence-corrected chi connectivity index (χ4v) is 1.41. The first kappa shape index (κ1) is 8.93. The van der Waals surface area contributed by atoms with E-state index in [1.54, 1.807) is 0 Å². The smallest absolute Gasteiger partial charge is 0.224 e. The van der Waals surface area contributed by atoms with Crippen molar-refractivity contribution in [3.8, 4) is 0 Å². The van der Waals surface area contributed by atoms with Gasteiger partial charge in [0.25, 0.3) is 0 Å². The van der Waals surface area contributed by atoms with Crippen LogP contribution in [-0.2, 0) is 4.79 Å². The molecule has 14 heavy (non-hydrogen) atoms. The van der Waals surface area contributed by atoms with Gasteiger partial charge in [-0.2, -0.15) is 5.10 Å². The zero-order chi connectivity index (χ0) is 10.1. The van der Waals surface area contributed by atoms with Gasteiger partial charge in [0.15, 0.2) is 5.82 Å². The minimum Gasteiger partial charge on any atom is -0.369 e. The molecule has 2 rings (SSSR count). The van der Waals surface area contributed by atoms with Crippen LogP contribution in [0.3, 0.4) is 0 Å². The quantitative estimate of drug-likeness (QED) is 0.698. The maximum Gasteiger partial charge on any atom is 0.224 e. The van der Waals surface area contributed by atoms with Gasteiger partial charge in [0.1, 0.15) is 0 Å². The normalized spacial score (nSPS) is 16.5. The Bertz CT molecular complexity index is 342. The van der Waals surface area contributed by atoms with Gasteiger partial charge in [-0.15, -0.1) is 5.10 Å². The van der Waals surface area contributed by atoms with E-state index in [1.807, 2.05) is 24.0 Å². The molecule has 1 aromatic heterocycles. The fourth-order valence-electron chi connectivity index (χ4n) is 1.41. The van der Waals surface area contributed by atoms with Crippen LogP contribution in [0.1, 0.15) is 5.69 Å². The average Bonchev–Trinajstić information content (AvgIpc) is 2.05. The Labute approximate surface area is 81.9 Å². The summed E-state index contributed by atoms with van der Waals surface area (Å²) in [4.78, 5) is 12.8. The molecule has 1 aliphatic rings. The molecule has 1 amide bonds. The van der Waals surface area contributed by atoms with Crippen LogP contribution < -0.4 is 10.6 Å². The summed E-state index contributed by atoms with van der Waals surface area (Å²) in [6.07, 6.45) is 0. The van der Waals surface area contributed by atoms with Crippen LogP contribution in [0.15, 0.2) is 12.1 Å². The molecule has 0 aliphatic carbocycles. The minimum absolute atomic E-state index is 0.0295. The van der Waals surface area contributed by atoms with Crippen molar-refractivity contribution in [1.82, 2.24) is 10.2 Å². The molecular formula is C9H12N4O. The van der Waals surface area contributed by atoms with Crippen LogP contribution in [0, 0.1) is 12.8 Å². The summed E-state index contributed by atoms with van der Waals surface area (Å²) in [5, 5.41) is 7.96. The first-order valence-electron chi connectivity index (χ1n) is 4.51. The van der Waals surface area contributed by atoms with E-state index < -0.39 is 0 Å². The Morgan fingerprint density at radius 2 is 2.21 bits per heavy atom. The van der Waals surface area contributed by atoms with Crippen molar-refractivity contribution in [1.29, 1.82) is 0 Å². The topological polar surface area (TPSA) is 72.1 Å². The number of primary amides is 1. The third-order valence-corrected chi connectivity index (χ3v) is 2.39. The maximum absolute atomic E-state index is 10.8. The Hall–Kier alpha value is -1.65. The number of amides is 1. The number of rotatable bonds is 2. The van der Waals surface area contributed by atoms with E-state index in [0.717, 1.165) is 11.5 Å². The molecule has 74 valence electrons. The summed E-state index contributed by atoms with van der Waals surface area (Å²) in [5.41, 5.74) is 6.05. The SMILES string of the molecule is Cc1ccc(N2CC(C(N)=O)C2)nn1. The molecule has 5 nitrogen and oxygen atoms in total. The third kappa shape index (κ3) is 1.53. The first-order chi connectivity index (χ1) is 6.66. The molecule has 0 unspecified atom stereocenters. The summed E-state index contributed by atoms with van der Waals surface area (Å²) < 4.78 is 0. The molecule has 2 heterocycles. The van der Waals surface area contributed by atoms with Gasteiger partial charge < -0.3 is 10.6 Å². The van der Waals surface area contributed by atoms with Crippen LogP contribution in [0.5, 0.6) is 0 Å². The van der Waals surface area contributed by atoms with E-state index in [2.05, 4.69) is 10.2 Å². The zero-order valence-electron chi connectivity index (χ0n) is 7.97. The van der Waals surface area contributed by atoms with Crippen molar-refractivity contribution in [3.05, 3.63) is 17.8 Å². The Kier molecular flexibility index (Phi) is 2.07. The summed E-state index contributed by atoms with van der Waals surface area (Å²) in [5.74, 6) is 0.549. The number of aryl methyl sites for hydroxylation is 1. The number of nitrogens with two attached hydrogens (primary N) is 1. The molecule has 0 bridgehead atoms. The van der Waals surface area contributed by atoms with Gasteiger partial charge in [-0.25, -0.2) is 0 Å². The van der Waals surface area contributed by atoms with Gasteiger partial charge in [-0.3, -0.25) is 4.79 Å². The number of aromatic nitrogens is 2. The van der Waals surface area contributed by atoms with Crippen LogP contribution in [0.4, 0.5) is 5.82 Å². The molecule has 5 heteroatoms. The minimum atomic E-state index is -0.235. The van der Waals surface area contributed by atoms with E-state index in [0.29, 0.717) is 13.1 Å². The summed E-state index contributed by atoms with van der Waals surface area (Å²) >= 11 is 0. The van der Waals surface area contributed by atoms with E-state index in [9.17, 15) is 4.79 Å². The molecule has 0 aromatic carbocycles. The summed E-state index contributed by atoms with van der Waals surface area (Å²) in [6, 6.07) is 3.81. The van der Waals surface area contributed by atoms with E-state index in [-0.39, 0.29) is 11.8 Å². The molecule has 1 saturated heterocycles. The fraction of sp³-hybridized carbons (Fsp3) is 0.444. The van der Waals surface area contributed by atoms with Gasteiger partial charge in [-0.1, -0.05) is 0 Å². The number of carbonyl (C=O) groups is 1. The van der Waals surface area contributed by atoms with E-state index >= 15 is 0 Å². The molecule has 2 N–H and O–H groups in total. The van der Waals surface area contributed by atoms with Gasteiger partial charge in [0, 0.05) is 13.1 Å². The van der Waals surface area contributed by atoms with Crippen molar-refractivity contribution in [2.45, 2.75) is 6.92 Å². The van der Waals surface area contributed by atoms with Crippen molar-refractivity contribution in [2.24, 2.45) is 11.7 Å². The lowest BCUT2D eigenvalue weighted by Gasteiger charge is -2.37. The van der Waals surface area contributed by atoms with Crippen molar-refractivity contribution >= 4 is 11.7 Å². The lowest BCUT2D eigenvalue weighted by atomic mass is 10.00. The largest absolute Gasteiger partial charge is 0.369 e. The highest BCUT2D eigenvalue weighted by Gasteiger charge is 2.31. The molecule has 1 fully saturated rings. The average molecular weight is 192 g/mol.